The second-order valence-electron chi connectivity index (χ2n) is 3.57. The van der Waals surface area contributed by atoms with E-state index < -0.39 is 0 Å². The van der Waals surface area contributed by atoms with Gasteiger partial charge in [-0.3, -0.25) is 0 Å². The third-order valence-electron chi connectivity index (χ3n) is 2.27. The van der Waals surface area contributed by atoms with Crippen molar-refractivity contribution in [3.05, 3.63) is 23.8 Å². The Labute approximate surface area is 70.0 Å². The predicted molar refractivity (Wildman–Crippen MR) is 50.5 cm³/mol. The Kier molecular flexibility index (Phi) is 3.41. The van der Waals surface area contributed by atoms with Crippen LogP contribution in [0.15, 0.2) is 23.8 Å². The molecule has 1 aliphatic rings. The van der Waals surface area contributed by atoms with Crippen molar-refractivity contribution >= 4 is 0 Å². The summed E-state index contributed by atoms with van der Waals surface area (Å²) < 4.78 is 0. The highest BCUT2D eigenvalue weighted by Gasteiger charge is 2.02. The van der Waals surface area contributed by atoms with Gasteiger partial charge in [-0.15, -0.1) is 0 Å². The predicted octanol–water partition coefficient (Wildman–Crippen LogP) is 3.70. The van der Waals surface area contributed by atoms with Crippen LogP contribution in [0.3, 0.4) is 0 Å². The fourth-order valence-electron chi connectivity index (χ4n) is 1.44. The van der Waals surface area contributed by atoms with Crippen molar-refractivity contribution in [2.45, 2.75) is 39.5 Å². The fraction of sp³-hybridized carbons (Fsp3) is 0.636. The minimum Gasteiger partial charge on any atom is -0.0845 e. The standard InChI is InChI=1S/C11H18/c1-10(2)11-8-6-4-3-5-7-9-11/h4,6,8,10H,3,5,7,9H2,1-2H3/b6-4-,11-8+. The van der Waals surface area contributed by atoms with E-state index in [-0.39, 0.29) is 0 Å². The first-order valence-corrected chi connectivity index (χ1v) is 4.66. The van der Waals surface area contributed by atoms with E-state index >= 15 is 0 Å². The number of allylic oxidation sites excluding steroid dienone is 4. The molecule has 0 bridgehead atoms. The van der Waals surface area contributed by atoms with E-state index in [0.717, 1.165) is 5.92 Å². The molecule has 0 aromatic carbocycles. The summed E-state index contributed by atoms with van der Waals surface area (Å²) in [6, 6.07) is 0. The van der Waals surface area contributed by atoms with Crippen LogP contribution in [0.25, 0.3) is 0 Å². The van der Waals surface area contributed by atoms with Crippen LogP contribution >= 0.6 is 0 Å². The van der Waals surface area contributed by atoms with Crippen LogP contribution in [-0.2, 0) is 0 Å². The van der Waals surface area contributed by atoms with Gasteiger partial charge in [-0.05, 0) is 31.6 Å². The Morgan fingerprint density at radius 1 is 1.27 bits per heavy atom. The van der Waals surface area contributed by atoms with Crippen LogP contribution in [0.2, 0.25) is 0 Å². The topological polar surface area (TPSA) is 0 Å². The van der Waals surface area contributed by atoms with Gasteiger partial charge in [0.05, 0.1) is 0 Å². The number of rotatable bonds is 1. The maximum Gasteiger partial charge on any atom is -0.0257 e. The molecular weight excluding hydrogens is 132 g/mol. The molecule has 1 aliphatic carbocycles. The summed E-state index contributed by atoms with van der Waals surface area (Å²) in [6.45, 7) is 4.56. The molecule has 0 aromatic heterocycles. The summed E-state index contributed by atoms with van der Waals surface area (Å²) in [4.78, 5) is 0. The van der Waals surface area contributed by atoms with Crippen molar-refractivity contribution in [1.82, 2.24) is 0 Å². The average molecular weight is 150 g/mol. The van der Waals surface area contributed by atoms with Gasteiger partial charge in [0.25, 0.3) is 0 Å². The molecule has 62 valence electrons. The highest BCUT2D eigenvalue weighted by molar-refractivity contribution is 5.15. The Morgan fingerprint density at radius 2 is 2.09 bits per heavy atom. The average Bonchev–Trinajstić information content (AvgIpc) is 1.84. The Balaban J connectivity index is 2.58. The molecule has 0 radical (unpaired) electrons. The fourth-order valence-corrected chi connectivity index (χ4v) is 1.44. The van der Waals surface area contributed by atoms with Gasteiger partial charge in [0, 0.05) is 0 Å². The maximum atomic E-state index is 2.30. The third-order valence-corrected chi connectivity index (χ3v) is 2.27. The van der Waals surface area contributed by atoms with Crippen LogP contribution in [-0.4, -0.2) is 0 Å². The molecule has 0 N–H and O–H groups in total. The summed E-state index contributed by atoms with van der Waals surface area (Å²) in [7, 11) is 0. The van der Waals surface area contributed by atoms with Crippen LogP contribution in [0.4, 0.5) is 0 Å². The number of hydrogen-bond acceptors (Lipinski definition) is 0. The summed E-state index contributed by atoms with van der Waals surface area (Å²) >= 11 is 0. The van der Waals surface area contributed by atoms with E-state index in [9.17, 15) is 0 Å². The molecule has 0 unspecified atom stereocenters. The molecule has 0 nitrogen and oxygen atoms in total. The normalized spacial score (nSPS) is 27.0. The van der Waals surface area contributed by atoms with Crippen LogP contribution in [0, 0.1) is 5.92 Å². The molecule has 0 saturated carbocycles. The summed E-state index contributed by atoms with van der Waals surface area (Å²) in [5, 5.41) is 0. The molecule has 11 heavy (non-hydrogen) atoms. The van der Waals surface area contributed by atoms with Gasteiger partial charge in [0.1, 0.15) is 0 Å². The van der Waals surface area contributed by atoms with Gasteiger partial charge in [0.15, 0.2) is 0 Å². The first-order chi connectivity index (χ1) is 5.30. The van der Waals surface area contributed by atoms with E-state index in [1.165, 1.54) is 25.7 Å². The SMILES string of the molecule is CC(C)/C1=C/C=C\CCCC1. The van der Waals surface area contributed by atoms with E-state index in [2.05, 4.69) is 32.1 Å². The Hall–Kier alpha value is -0.520. The smallest absolute Gasteiger partial charge is 0.0257 e. The summed E-state index contributed by atoms with van der Waals surface area (Å²) in [5.41, 5.74) is 1.61. The minimum absolute atomic E-state index is 0.734. The molecule has 0 atom stereocenters. The molecule has 1 rings (SSSR count). The van der Waals surface area contributed by atoms with E-state index in [1.54, 1.807) is 5.57 Å². The van der Waals surface area contributed by atoms with Gasteiger partial charge in [-0.2, -0.15) is 0 Å². The van der Waals surface area contributed by atoms with E-state index in [4.69, 9.17) is 0 Å². The molecule has 0 aliphatic heterocycles. The summed E-state index contributed by atoms with van der Waals surface area (Å²) in [5.74, 6) is 0.734. The zero-order valence-electron chi connectivity index (χ0n) is 7.64. The molecule has 0 heteroatoms. The van der Waals surface area contributed by atoms with Gasteiger partial charge in [0.2, 0.25) is 0 Å². The first-order valence-electron chi connectivity index (χ1n) is 4.66. The lowest BCUT2D eigenvalue weighted by molar-refractivity contribution is 0.655. The monoisotopic (exact) mass is 150 g/mol. The molecule has 0 fully saturated rings. The van der Waals surface area contributed by atoms with Crippen molar-refractivity contribution in [1.29, 1.82) is 0 Å². The lowest BCUT2D eigenvalue weighted by atomic mass is 9.95. The molecule has 0 heterocycles. The van der Waals surface area contributed by atoms with E-state index in [1.807, 2.05) is 0 Å². The van der Waals surface area contributed by atoms with Gasteiger partial charge in [-0.1, -0.05) is 37.6 Å². The quantitative estimate of drug-likeness (QED) is 0.534. The zero-order chi connectivity index (χ0) is 8.10. The molecule has 0 amide bonds. The van der Waals surface area contributed by atoms with Gasteiger partial charge >= 0.3 is 0 Å². The van der Waals surface area contributed by atoms with Crippen molar-refractivity contribution in [2.75, 3.05) is 0 Å². The second kappa shape index (κ2) is 4.38. The Bertz CT molecular complexity index is 161. The van der Waals surface area contributed by atoms with Gasteiger partial charge in [-0.25, -0.2) is 0 Å². The highest BCUT2D eigenvalue weighted by Crippen LogP contribution is 2.19. The zero-order valence-corrected chi connectivity index (χ0v) is 7.64. The Morgan fingerprint density at radius 3 is 2.82 bits per heavy atom. The molecular formula is C11H18. The molecule has 0 spiro atoms. The first kappa shape index (κ1) is 8.58. The van der Waals surface area contributed by atoms with Crippen molar-refractivity contribution < 1.29 is 0 Å². The van der Waals surface area contributed by atoms with Crippen molar-refractivity contribution in [3.8, 4) is 0 Å². The second-order valence-corrected chi connectivity index (χ2v) is 3.57. The van der Waals surface area contributed by atoms with Crippen LogP contribution in [0.5, 0.6) is 0 Å². The highest BCUT2D eigenvalue weighted by atomic mass is 14.1. The van der Waals surface area contributed by atoms with Crippen LogP contribution < -0.4 is 0 Å². The van der Waals surface area contributed by atoms with Gasteiger partial charge < -0.3 is 0 Å². The molecule has 0 aromatic rings. The third kappa shape index (κ3) is 2.92. The lowest BCUT2D eigenvalue weighted by Crippen LogP contribution is -1.95. The lowest BCUT2D eigenvalue weighted by Gasteiger charge is -2.11. The summed E-state index contributed by atoms with van der Waals surface area (Å²) in [6.07, 6.45) is 12.1. The van der Waals surface area contributed by atoms with Crippen molar-refractivity contribution in [2.24, 2.45) is 5.92 Å². The maximum absolute atomic E-state index is 2.30. The minimum atomic E-state index is 0.734. The van der Waals surface area contributed by atoms with Crippen molar-refractivity contribution in [3.63, 3.8) is 0 Å². The van der Waals surface area contributed by atoms with E-state index in [0.29, 0.717) is 0 Å². The molecule has 0 saturated heterocycles. The number of hydrogen-bond donors (Lipinski definition) is 0. The van der Waals surface area contributed by atoms with Crippen LogP contribution in [0.1, 0.15) is 39.5 Å². The largest absolute Gasteiger partial charge is 0.0845 e.